The summed E-state index contributed by atoms with van der Waals surface area (Å²) >= 11 is 6.22. The fraction of sp³-hybridized carbons (Fsp3) is 0. The van der Waals surface area contributed by atoms with Gasteiger partial charge in [-0.05, 0) is 23.3 Å². The number of rotatable bonds is 3. The minimum Gasteiger partial charge on any atom is -0.701 e. The van der Waals surface area contributed by atoms with E-state index < -0.39 is 6.35 Å². The summed E-state index contributed by atoms with van der Waals surface area (Å²) in [6, 6.07) is 30.5. The van der Waals surface area contributed by atoms with Gasteiger partial charge in [-0.1, -0.05) is 91.0 Å². The van der Waals surface area contributed by atoms with Crippen LogP contribution in [-0.2, 0) is 4.65 Å². The standard InChI is InChI=1S/C24H17BClN2O/c26-23-17-19-16-22(18-10-4-1-5-11-18)29-25(24(19)28-27-23,20-12-6-2-7-13-20)21-14-8-3-9-15-21/h1-17H/p+1. The fourth-order valence-electron chi connectivity index (χ4n) is 4.09. The van der Waals surface area contributed by atoms with E-state index in [9.17, 15) is 0 Å². The van der Waals surface area contributed by atoms with Crippen molar-refractivity contribution in [2.24, 2.45) is 5.10 Å². The number of hydrogen-bond acceptors (Lipinski definition) is 3. The molecule has 0 spiro atoms. The van der Waals surface area contributed by atoms with Crippen molar-refractivity contribution in [2.75, 3.05) is 0 Å². The monoisotopic (exact) mass is 396 g/mol. The normalized spacial score (nSPS) is 17.1. The Hall–Kier alpha value is -3.37. The van der Waals surface area contributed by atoms with Crippen LogP contribution in [0.4, 0.5) is 0 Å². The van der Waals surface area contributed by atoms with Crippen molar-refractivity contribution in [1.29, 1.82) is 0 Å². The quantitative estimate of drug-likeness (QED) is 0.621. The maximum Gasteiger partial charge on any atom is 1.00 e. The molecule has 2 aliphatic rings. The van der Waals surface area contributed by atoms with E-state index in [1.165, 1.54) is 0 Å². The lowest BCUT2D eigenvalue weighted by Gasteiger charge is -2.47. The second-order valence-corrected chi connectivity index (χ2v) is 7.50. The highest BCUT2D eigenvalue weighted by molar-refractivity contribution is 7.21. The van der Waals surface area contributed by atoms with E-state index in [1.54, 1.807) is 0 Å². The van der Waals surface area contributed by atoms with Gasteiger partial charge in [0, 0.05) is 22.4 Å². The number of benzene rings is 3. The van der Waals surface area contributed by atoms with Gasteiger partial charge in [0.2, 0.25) is 5.10 Å². The second kappa shape index (κ2) is 7.23. The van der Waals surface area contributed by atoms with Gasteiger partial charge in [-0.25, -0.2) is 0 Å². The zero-order valence-electron chi connectivity index (χ0n) is 16.6. The van der Waals surface area contributed by atoms with Crippen molar-refractivity contribution in [3.8, 4) is 0 Å². The van der Waals surface area contributed by atoms with Crippen LogP contribution in [0.5, 0.6) is 0 Å². The zero-order chi connectivity index (χ0) is 19.7. The lowest BCUT2D eigenvalue weighted by atomic mass is 9.27. The molecule has 2 heterocycles. The number of fused-ring (bicyclic) bond motifs is 1. The van der Waals surface area contributed by atoms with E-state index >= 15 is 0 Å². The fourth-order valence-corrected chi connectivity index (χ4v) is 4.25. The molecule has 0 fully saturated rings. The first-order valence-corrected chi connectivity index (χ1v) is 9.91. The van der Waals surface area contributed by atoms with Crippen molar-refractivity contribution < 1.29 is 6.08 Å². The summed E-state index contributed by atoms with van der Waals surface area (Å²) in [6.45, 7) is 0. The van der Waals surface area contributed by atoms with Gasteiger partial charge in [0.1, 0.15) is 0 Å². The average Bonchev–Trinajstić information content (AvgIpc) is 2.80. The molecule has 0 unspecified atom stereocenters. The smallest absolute Gasteiger partial charge is 0.701 e. The van der Waals surface area contributed by atoms with Gasteiger partial charge in [0.25, 0.3) is 6.35 Å². The summed E-state index contributed by atoms with van der Waals surface area (Å²) in [5.74, 6) is 0.787. The van der Waals surface area contributed by atoms with E-state index in [2.05, 4.69) is 34.5 Å². The van der Waals surface area contributed by atoms with E-state index in [4.69, 9.17) is 16.3 Å². The van der Waals surface area contributed by atoms with Crippen LogP contribution in [0, 0.1) is 0 Å². The minimum absolute atomic E-state index is 0. The van der Waals surface area contributed by atoms with Gasteiger partial charge >= 0.3 is 6.60 Å². The highest BCUT2D eigenvalue weighted by Gasteiger charge is 2.44. The third-order valence-electron chi connectivity index (χ3n) is 5.40. The van der Waals surface area contributed by atoms with E-state index in [0.29, 0.717) is 5.17 Å². The molecular weight excluding hydrogens is 379 g/mol. The van der Waals surface area contributed by atoms with Crippen molar-refractivity contribution in [1.82, 2.24) is 5.10 Å². The molecule has 0 atom stereocenters. The Morgan fingerprint density at radius 2 is 1.31 bits per heavy atom. The summed E-state index contributed by atoms with van der Waals surface area (Å²) in [5.41, 5.74) is 4.79. The van der Waals surface area contributed by atoms with E-state index in [1.807, 2.05) is 78.9 Å². The van der Waals surface area contributed by atoms with Crippen molar-refractivity contribution in [3.63, 3.8) is 0 Å². The molecule has 29 heavy (non-hydrogen) atoms. The Morgan fingerprint density at radius 1 is 0.759 bits per heavy atom. The van der Waals surface area contributed by atoms with E-state index in [-0.39, 0.29) is 1.43 Å². The Labute approximate surface area is 176 Å². The Kier molecular flexibility index (Phi) is 4.41. The summed E-state index contributed by atoms with van der Waals surface area (Å²) in [7, 11) is 0. The predicted octanol–water partition coefficient (Wildman–Crippen LogP) is 3.74. The number of nitrogens with zero attached hydrogens (tertiary/aromatic N) is 2. The Morgan fingerprint density at radius 3 is 1.90 bits per heavy atom. The van der Waals surface area contributed by atoms with Crippen molar-refractivity contribution >= 4 is 45.4 Å². The lowest BCUT2D eigenvalue weighted by molar-refractivity contribution is 0.533. The first kappa shape index (κ1) is 17.7. The van der Waals surface area contributed by atoms with E-state index in [0.717, 1.165) is 33.4 Å². The van der Waals surface area contributed by atoms with Gasteiger partial charge in [-0.2, -0.15) is 10.9 Å². The number of halogens is 1. The highest BCUT2D eigenvalue weighted by atomic mass is 35.5. The van der Waals surface area contributed by atoms with Crippen LogP contribution in [0.15, 0.2) is 114 Å². The first-order chi connectivity index (χ1) is 14.3. The van der Waals surface area contributed by atoms with Gasteiger partial charge in [0.05, 0.1) is 5.76 Å². The molecule has 0 saturated heterocycles. The predicted molar refractivity (Wildman–Crippen MR) is 123 cm³/mol. The van der Waals surface area contributed by atoms with Gasteiger partial charge < -0.3 is 4.65 Å². The van der Waals surface area contributed by atoms with Crippen LogP contribution in [0.25, 0.3) is 5.76 Å². The molecule has 5 heteroatoms. The molecule has 1 radical (unpaired) electrons. The summed E-state index contributed by atoms with van der Waals surface area (Å²) < 4.78 is 6.88. The molecule has 0 aliphatic carbocycles. The molecule has 0 aromatic heterocycles. The summed E-state index contributed by atoms with van der Waals surface area (Å²) in [4.78, 5) is 0. The largest absolute Gasteiger partial charge is 1.00 e. The van der Waals surface area contributed by atoms with Gasteiger partial charge in [-0.15, -0.1) is 0 Å². The average molecular weight is 397 g/mol. The Balaban J connectivity index is 0.00000218. The third kappa shape index (κ3) is 3.02. The summed E-state index contributed by atoms with van der Waals surface area (Å²) in [5, 5.41) is 9.05. The molecular formula is C24H18BClN2O+. The molecule has 0 bridgehead atoms. The van der Waals surface area contributed by atoms with Gasteiger partial charge in [-0.3, -0.25) is 0 Å². The van der Waals surface area contributed by atoms with Crippen LogP contribution in [0.2, 0.25) is 0 Å². The topological polar surface area (TPSA) is 35.7 Å². The molecule has 0 amide bonds. The van der Waals surface area contributed by atoms with Crippen LogP contribution in [0.3, 0.4) is 0 Å². The Bertz CT molecular complexity index is 1140. The highest BCUT2D eigenvalue weighted by Crippen LogP contribution is 2.32. The van der Waals surface area contributed by atoms with Crippen LogP contribution >= 0.6 is 11.6 Å². The molecule has 3 nitrogen and oxygen atoms in total. The number of allylic oxidation sites excluding steroid dienone is 3. The molecule has 3 aromatic carbocycles. The molecule has 2 aliphatic heterocycles. The molecule has 5 rings (SSSR count). The minimum atomic E-state index is -1.83. The van der Waals surface area contributed by atoms with Crippen molar-refractivity contribution in [3.05, 3.63) is 114 Å². The second-order valence-electron chi connectivity index (χ2n) is 7.11. The van der Waals surface area contributed by atoms with Crippen molar-refractivity contribution in [2.45, 2.75) is 0 Å². The zero-order valence-corrected chi connectivity index (χ0v) is 16.3. The first-order valence-electron chi connectivity index (χ1n) is 9.53. The molecule has 139 valence electrons. The SMILES string of the molecule is ClC1=[N+]N=C2C(=C1)C=C(c1ccccc1)O[B-]2(c1ccccc1)c1ccccc1.[H+]. The van der Waals surface area contributed by atoms with Crippen LogP contribution in [0.1, 0.15) is 6.99 Å². The molecule has 0 saturated carbocycles. The number of hydrogen-bond donors (Lipinski definition) is 0. The third-order valence-corrected chi connectivity index (χ3v) is 5.58. The lowest BCUT2D eigenvalue weighted by Crippen LogP contribution is -2.68. The van der Waals surface area contributed by atoms with Gasteiger partial charge in [0.15, 0.2) is 0 Å². The molecule has 0 N–H and O–H groups in total. The van der Waals surface area contributed by atoms with Crippen LogP contribution < -0.4 is 16.0 Å². The maximum atomic E-state index is 6.88. The summed E-state index contributed by atoms with van der Waals surface area (Å²) in [6.07, 6.45) is 2.03. The van der Waals surface area contributed by atoms with Crippen LogP contribution in [-0.4, -0.2) is 17.1 Å². The molecule has 3 aromatic rings. The maximum absolute atomic E-state index is 6.88.